The first kappa shape index (κ1) is 20.6. The Hall–Kier alpha value is -2.65. The summed E-state index contributed by atoms with van der Waals surface area (Å²) in [7, 11) is 19.1. The minimum Gasteiger partial charge on any atom is -0.310 e. The first-order valence-electron chi connectivity index (χ1n) is 9.68. The number of nitrogens with zero attached hydrogens (tertiary/aromatic N) is 6. The molecule has 4 rings (SSSR count). The van der Waals surface area contributed by atoms with E-state index in [1.54, 1.807) is 24.7 Å². The molecule has 8 nitrogen and oxygen atoms in total. The van der Waals surface area contributed by atoms with E-state index in [0.29, 0.717) is 23.6 Å². The van der Waals surface area contributed by atoms with Crippen LogP contribution in [0.1, 0.15) is 0 Å². The minimum absolute atomic E-state index is 0.0889. The van der Waals surface area contributed by atoms with Crippen molar-refractivity contribution in [3.8, 4) is 11.3 Å². The highest BCUT2D eigenvalue weighted by Crippen LogP contribution is 2.22. The van der Waals surface area contributed by atoms with Gasteiger partial charge in [0.05, 0.1) is 47.5 Å². The number of carbonyl (C=O) groups is 1. The van der Waals surface area contributed by atoms with Gasteiger partial charge in [-0.25, -0.2) is 9.97 Å². The van der Waals surface area contributed by atoms with Gasteiger partial charge in [-0.1, -0.05) is 0 Å². The van der Waals surface area contributed by atoms with Crippen LogP contribution in [-0.4, -0.2) is 98.8 Å². The monoisotopic (exact) mass is 395 g/mol. The molecule has 146 valence electrons. The lowest BCUT2D eigenvalue weighted by Gasteiger charge is -2.31. The summed E-state index contributed by atoms with van der Waals surface area (Å²) >= 11 is 0. The van der Waals surface area contributed by atoms with E-state index >= 15 is 0 Å². The second-order valence-corrected chi connectivity index (χ2v) is 7.65. The fraction of sp³-hybridized carbons (Fsp3) is 0.368. The quantitative estimate of drug-likeness (QED) is 0.601. The van der Waals surface area contributed by atoms with Gasteiger partial charge in [-0.05, 0) is 24.4 Å². The number of piperazine rings is 1. The fourth-order valence-electron chi connectivity index (χ4n) is 3.30. The van der Waals surface area contributed by atoms with Crippen molar-refractivity contribution in [1.82, 2.24) is 29.5 Å². The van der Waals surface area contributed by atoms with Gasteiger partial charge in [0.2, 0.25) is 5.91 Å². The molecule has 1 aliphatic heterocycles. The number of likely N-dealkylation sites (N-methyl/N-ethyl adjacent to an activating group) is 1. The average Bonchev–Trinajstić information content (AvgIpc) is 3.20. The van der Waals surface area contributed by atoms with Crippen molar-refractivity contribution in [2.45, 2.75) is 5.24 Å². The highest BCUT2D eigenvalue weighted by Gasteiger charge is 2.17. The van der Waals surface area contributed by atoms with Gasteiger partial charge in [-0.3, -0.25) is 14.4 Å². The van der Waals surface area contributed by atoms with E-state index in [-0.39, 0.29) is 5.91 Å². The van der Waals surface area contributed by atoms with Crippen molar-refractivity contribution in [1.29, 1.82) is 0 Å². The second kappa shape index (κ2) is 8.24. The maximum Gasteiger partial charge on any atom is 0.239 e. The smallest absolute Gasteiger partial charge is 0.239 e. The van der Waals surface area contributed by atoms with Gasteiger partial charge in [-0.15, -0.1) is 0 Å². The Morgan fingerprint density at radius 3 is 2.63 bits per heavy atom. The summed E-state index contributed by atoms with van der Waals surface area (Å²) in [6.45, 7) is 4.03. The lowest BCUT2D eigenvalue weighted by Crippen LogP contribution is -2.47. The van der Waals surface area contributed by atoms with Crippen LogP contribution in [0.15, 0.2) is 36.8 Å². The zero-order valence-electron chi connectivity index (χ0n) is 16.8. The normalized spacial score (nSPS) is 16.0. The summed E-state index contributed by atoms with van der Waals surface area (Å²) in [6.07, 6.45) is 4.91. The number of amides is 1. The summed E-state index contributed by atoms with van der Waals surface area (Å²) in [5, 5.41) is 6.22. The number of nitrogens with one attached hydrogen (secondary N) is 1. The Morgan fingerprint density at radius 1 is 1.17 bits per heavy atom. The van der Waals surface area contributed by atoms with E-state index in [1.807, 2.05) is 12.1 Å². The maximum absolute atomic E-state index is 12.4. The van der Waals surface area contributed by atoms with Crippen LogP contribution in [0.3, 0.4) is 0 Å². The SMILES string of the molecule is [B]C([B])([B])n1cc(-c2ccc3cnc(NC(=O)CN4CCN(C)CC4)cc3n2)cn1. The van der Waals surface area contributed by atoms with Gasteiger partial charge < -0.3 is 10.2 Å². The van der Waals surface area contributed by atoms with Gasteiger partial charge in [0.25, 0.3) is 0 Å². The average molecular weight is 395 g/mol. The molecule has 1 fully saturated rings. The first-order valence-corrected chi connectivity index (χ1v) is 9.68. The molecule has 1 aliphatic rings. The predicted molar refractivity (Wildman–Crippen MR) is 119 cm³/mol. The van der Waals surface area contributed by atoms with E-state index in [0.717, 1.165) is 37.1 Å². The van der Waals surface area contributed by atoms with Crippen LogP contribution in [0.4, 0.5) is 5.82 Å². The molecule has 3 aromatic heterocycles. The number of hydrogen-bond donors (Lipinski definition) is 1. The van der Waals surface area contributed by atoms with Gasteiger partial charge in [0, 0.05) is 55.6 Å². The van der Waals surface area contributed by atoms with Crippen LogP contribution in [0.25, 0.3) is 22.2 Å². The molecule has 1 N–H and O–H groups in total. The van der Waals surface area contributed by atoms with Gasteiger partial charge >= 0.3 is 0 Å². The molecule has 0 atom stereocenters. The summed E-state index contributed by atoms with van der Waals surface area (Å²) in [5.74, 6) is 0.376. The van der Waals surface area contributed by atoms with E-state index in [1.165, 1.54) is 4.68 Å². The molecule has 0 spiro atoms. The minimum atomic E-state index is -1.58. The number of anilines is 1. The fourth-order valence-corrected chi connectivity index (χ4v) is 3.30. The molecule has 11 heteroatoms. The number of fused-ring (bicyclic) bond motifs is 1. The van der Waals surface area contributed by atoms with Gasteiger partial charge in [-0.2, -0.15) is 5.10 Å². The zero-order valence-corrected chi connectivity index (χ0v) is 16.8. The Balaban J connectivity index is 1.49. The summed E-state index contributed by atoms with van der Waals surface area (Å²) < 4.78 is 1.27. The number of aromatic nitrogens is 4. The van der Waals surface area contributed by atoms with Crippen molar-refractivity contribution in [2.75, 3.05) is 45.1 Å². The van der Waals surface area contributed by atoms with Crippen molar-refractivity contribution < 1.29 is 4.79 Å². The van der Waals surface area contributed by atoms with Gasteiger partial charge in [0.1, 0.15) is 5.82 Å². The Kier molecular flexibility index (Phi) is 5.66. The van der Waals surface area contributed by atoms with E-state index in [9.17, 15) is 4.79 Å². The molecule has 4 heterocycles. The largest absolute Gasteiger partial charge is 0.310 e. The van der Waals surface area contributed by atoms with Gasteiger partial charge in [0.15, 0.2) is 0 Å². The van der Waals surface area contributed by atoms with E-state index in [2.05, 4.69) is 37.2 Å². The number of carbonyl (C=O) groups excluding carboxylic acids is 1. The van der Waals surface area contributed by atoms with Crippen LogP contribution in [0.2, 0.25) is 0 Å². The van der Waals surface area contributed by atoms with Crippen molar-refractivity contribution >= 4 is 46.2 Å². The van der Waals surface area contributed by atoms with E-state index < -0.39 is 5.24 Å². The van der Waals surface area contributed by atoms with Crippen LogP contribution < -0.4 is 5.32 Å². The Labute approximate surface area is 179 Å². The van der Waals surface area contributed by atoms with E-state index in [4.69, 9.17) is 23.5 Å². The summed E-state index contributed by atoms with van der Waals surface area (Å²) in [4.78, 5) is 25.8. The van der Waals surface area contributed by atoms with Crippen LogP contribution in [0, 0.1) is 0 Å². The van der Waals surface area contributed by atoms with Crippen molar-refractivity contribution in [3.05, 3.63) is 36.8 Å². The third kappa shape index (κ3) is 4.74. The van der Waals surface area contributed by atoms with Crippen molar-refractivity contribution in [3.63, 3.8) is 0 Å². The Morgan fingerprint density at radius 2 is 1.93 bits per heavy atom. The molecule has 0 aromatic carbocycles. The van der Waals surface area contributed by atoms with Crippen LogP contribution in [-0.2, 0) is 10.0 Å². The molecule has 3 aromatic rings. The number of hydrogen-bond acceptors (Lipinski definition) is 6. The second-order valence-electron chi connectivity index (χ2n) is 7.65. The van der Waals surface area contributed by atoms with Crippen LogP contribution >= 0.6 is 0 Å². The summed E-state index contributed by atoms with van der Waals surface area (Å²) in [6, 6.07) is 5.50. The van der Waals surface area contributed by atoms with Crippen LogP contribution in [0.5, 0.6) is 0 Å². The maximum atomic E-state index is 12.4. The Bertz CT molecular complexity index is 1060. The predicted octanol–water partition coefficient (Wildman–Crippen LogP) is -0.248. The molecule has 30 heavy (non-hydrogen) atoms. The molecule has 1 saturated heterocycles. The highest BCUT2D eigenvalue weighted by atomic mass is 16.2. The first-order chi connectivity index (χ1) is 14.3. The standard InChI is InChI=1S/C19H20B3N7O/c1-27-4-6-28(7-5-27)12-18(30)26-17-8-16-13(9-23-17)2-3-15(25-16)14-10-24-29(11-14)19(20,21)22/h2-3,8-11H,4-7,12H2,1H3,(H,23,26,30). The molecular formula is C19H20B3N7O. The van der Waals surface area contributed by atoms with Crippen molar-refractivity contribution in [2.24, 2.45) is 0 Å². The topological polar surface area (TPSA) is 79.2 Å². The lowest BCUT2D eigenvalue weighted by atomic mass is 9.49. The highest BCUT2D eigenvalue weighted by molar-refractivity contribution is 6.56. The lowest BCUT2D eigenvalue weighted by molar-refractivity contribution is -0.117. The third-order valence-corrected chi connectivity index (χ3v) is 5.08. The third-order valence-electron chi connectivity index (χ3n) is 5.08. The molecule has 1 amide bonds. The molecule has 0 bridgehead atoms. The summed E-state index contributed by atoms with van der Waals surface area (Å²) in [5.41, 5.74) is 2.10. The molecule has 6 radical (unpaired) electrons. The molecule has 0 unspecified atom stereocenters. The molecule has 0 aliphatic carbocycles. The number of pyridine rings is 2. The zero-order chi connectivity index (χ0) is 21.3. The number of rotatable bonds is 5. The molecule has 0 saturated carbocycles. The molecular weight excluding hydrogens is 375 g/mol.